The minimum Gasteiger partial charge on any atom is -0.372 e. The van der Waals surface area contributed by atoms with E-state index >= 15 is 0 Å². The van der Waals surface area contributed by atoms with Crippen LogP contribution in [-0.2, 0) is 28.6 Å². The molecule has 0 atom stereocenters. The van der Waals surface area contributed by atoms with Crippen molar-refractivity contribution in [3.8, 4) is 32.0 Å². The minimum atomic E-state index is -3.92. The van der Waals surface area contributed by atoms with Crippen molar-refractivity contribution in [2.75, 3.05) is 31.2 Å². The van der Waals surface area contributed by atoms with Gasteiger partial charge in [-0.05, 0) is 82.8 Å². The third-order valence-corrected chi connectivity index (χ3v) is 12.8. The van der Waals surface area contributed by atoms with Crippen LogP contribution in [0.1, 0.15) is 107 Å². The van der Waals surface area contributed by atoms with Crippen LogP contribution in [0.15, 0.2) is 88.7 Å². The molecule has 0 aliphatic heterocycles. The highest BCUT2D eigenvalue weighted by Gasteiger charge is 2.23. The highest BCUT2D eigenvalue weighted by molar-refractivity contribution is 7.87. The summed E-state index contributed by atoms with van der Waals surface area (Å²) in [5.41, 5.74) is 4.39. The predicted molar refractivity (Wildman–Crippen MR) is 226 cm³/mol. The quantitative estimate of drug-likeness (QED) is 0.0650. The lowest BCUT2D eigenvalue weighted by molar-refractivity contribution is 0.203. The van der Waals surface area contributed by atoms with Crippen LogP contribution in [0.4, 0.5) is 5.69 Å². The van der Waals surface area contributed by atoms with Crippen LogP contribution >= 0.6 is 11.3 Å². The summed E-state index contributed by atoms with van der Waals surface area (Å²) >= 11 is 1.62. The number of nitrogens with zero attached hydrogens (tertiary/aromatic N) is 1. The van der Waals surface area contributed by atoms with E-state index in [-0.39, 0.29) is 33.8 Å². The Labute approximate surface area is 330 Å². The largest absolute Gasteiger partial charge is 0.372 e. The molecule has 0 aliphatic carbocycles. The lowest BCUT2D eigenvalue weighted by Crippen LogP contribution is -2.25. The van der Waals surface area contributed by atoms with Crippen molar-refractivity contribution in [3.05, 3.63) is 78.9 Å². The van der Waals surface area contributed by atoms with Crippen LogP contribution in [0.2, 0.25) is 0 Å². The number of unbranched alkanes of at least 4 members (excludes halogenated alkanes) is 6. The molecule has 0 bridgehead atoms. The Bertz CT molecular complexity index is 1960. The number of hydrogen-bond donors (Lipinski definition) is 0. The third kappa shape index (κ3) is 13.0. The molecule has 296 valence electrons. The Morgan fingerprint density at radius 2 is 0.981 bits per heavy atom. The lowest BCUT2D eigenvalue weighted by atomic mass is 9.99. The number of benzene rings is 3. The topological polar surface area (TPSA) is 90.0 Å². The Balaban J connectivity index is 1.70. The molecule has 4 rings (SSSR count). The van der Waals surface area contributed by atoms with Crippen LogP contribution in [0.5, 0.6) is 0 Å². The molecule has 0 aliphatic rings. The van der Waals surface area contributed by atoms with Gasteiger partial charge in [-0.3, -0.25) is 8.37 Å². The summed E-state index contributed by atoms with van der Waals surface area (Å²) in [6.07, 6.45) is 9.78. The fourth-order valence-corrected chi connectivity index (χ4v) is 9.27. The standard InChI is InChI=1S/C44H61NO6S3/c1-9-11-13-15-29-45(30-16-14-12-10-2)37-23-17-36(18-24-37)42-40(34-19-25-38(26-20-34)53(46,47)50-32-43(3,4)5)31-41(52-42)35-21-27-39(28-22-35)54(48,49)51-33-44(6,7)8/h17-28,31H,9-16,29-30,32-33H2,1-8H3. The van der Waals surface area contributed by atoms with Gasteiger partial charge in [0.05, 0.1) is 23.0 Å². The van der Waals surface area contributed by atoms with Crippen molar-refractivity contribution >= 4 is 37.3 Å². The first-order valence-corrected chi connectivity index (χ1v) is 23.0. The monoisotopic (exact) mass is 795 g/mol. The van der Waals surface area contributed by atoms with Gasteiger partial charge in [0, 0.05) is 34.1 Å². The number of thiophene rings is 1. The van der Waals surface area contributed by atoms with E-state index in [1.165, 1.54) is 57.1 Å². The molecule has 0 amide bonds. The second-order valence-electron chi connectivity index (χ2n) is 16.6. The van der Waals surface area contributed by atoms with E-state index in [9.17, 15) is 16.8 Å². The van der Waals surface area contributed by atoms with Crippen LogP contribution in [0.3, 0.4) is 0 Å². The zero-order valence-corrected chi connectivity index (χ0v) is 36.1. The summed E-state index contributed by atoms with van der Waals surface area (Å²) in [5.74, 6) is 0. The first-order valence-electron chi connectivity index (χ1n) is 19.4. The second kappa shape index (κ2) is 19.2. The second-order valence-corrected chi connectivity index (χ2v) is 20.9. The molecule has 10 heteroatoms. The summed E-state index contributed by atoms with van der Waals surface area (Å²) in [5, 5.41) is 0. The van der Waals surface area contributed by atoms with Gasteiger partial charge in [0.25, 0.3) is 20.2 Å². The minimum absolute atomic E-state index is 0.0861. The van der Waals surface area contributed by atoms with Crippen LogP contribution in [0, 0.1) is 10.8 Å². The lowest BCUT2D eigenvalue weighted by Gasteiger charge is -2.25. The Kier molecular flexibility index (Phi) is 15.6. The molecule has 0 radical (unpaired) electrons. The number of anilines is 1. The van der Waals surface area contributed by atoms with E-state index < -0.39 is 20.2 Å². The van der Waals surface area contributed by atoms with E-state index in [2.05, 4.69) is 49.1 Å². The maximum absolute atomic E-state index is 13.0. The molecule has 0 fully saturated rings. The van der Waals surface area contributed by atoms with E-state index in [1.807, 2.05) is 65.8 Å². The Morgan fingerprint density at radius 3 is 1.41 bits per heavy atom. The maximum Gasteiger partial charge on any atom is 0.296 e. The molecule has 3 aromatic carbocycles. The third-order valence-electron chi connectivity index (χ3n) is 8.97. The van der Waals surface area contributed by atoms with Gasteiger partial charge < -0.3 is 4.90 Å². The van der Waals surface area contributed by atoms with Crippen molar-refractivity contribution < 1.29 is 25.2 Å². The van der Waals surface area contributed by atoms with Crippen molar-refractivity contribution in [2.24, 2.45) is 10.8 Å². The van der Waals surface area contributed by atoms with Crippen LogP contribution < -0.4 is 4.90 Å². The SMILES string of the molecule is CCCCCCN(CCCCCC)c1ccc(-c2sc(-c3ccc(S(=O)(=O)OCC(C)(C)C)cc3)cc2-c2ccc(S(=O)(=O)OCC(C)(C)C)cc2)cc1. The van der Waals surface area contributed by atoms with E-state index in [4.69, 9.17) is 8.37 Å². The molecule has 4 aromatic rings. The summed E-state index contributed by atoms with van der Waals surface area (Å²) in [7, 11) is -7.82. The van der Waals surface area contributed by atoms with Gasteiger partial charge in [-0.1, -0.05) is 130 Å². The molecule has 0 saturated carbocycles. The van der Waals surface area contributed by atoms with E-state index in [1.54, 1.807) is 35.6 Å². The zero-order chi connectivity index (χ0) is 39.6. The molecule has 54 heavy (non-hydrogen) atoms. The molecule has 0 spiro atoms. The van der Waals surface area contributed by atoms with E-state index in [0.717, 1.165) is 45.1 Å². The van der Waals surface area contributed by atoms with Gasteiger partial charge in [-0.25, -0.2) is 0 Å². The van der Waals surface area contributed by atoms with Gasteiger partial charge in [0.2, 0.25) is 0 Å². The molecule has 1 heterocycles. The summed E-state index contributed by atoms with van der Waals surface area (Å²) in [4.78, 5) is 4.75. The van der Waals surface area contributed by atoms with Crippen LogP contribution in [0.25, 0.3) is 32.0 Å². The number of rotatable bonds is 20. The predicted octanol–water partition coefficient (Wildman–Crippen LogP) is 12.2. The zero-order valence-electron chi connectivity index (χ0n) is 33.6. The highest BCUT2D eigenvalue weighted by atomic mass is 32.2. The molecular weight excluding hydrogens is 735 g/mol. The molecule has 7 nitrogen and oxygen atoms in total. The van der Waals surface area contributed by atoms with Gasteiger partial charge in [-0.2, -0.15) is 16.8 Å². The summed E-state index contributed by atoms with van der Waals surface area (Å²) < 4.78 is 62.5. The average Bonchev–Trinajstić information content (AvgIpc) is 3.58. The van der Waals surface area contributed by atoms with Crippen molar-refractivity contribution in [1.29, 1.82) is 0 Å². The maximum atomic E-state index is 13.0. The van der Waals surface area contributed by atoms with Gasteiger partial charge in [0.1, 0.15) is 0 Å². The molecule has 1 aromatic heterocycles. The molecule has 0 N–H and O–H groups in total. The fourth-order valence-electron chi connectivity index (χ4n) is 5.85. The van der Waals surface area contributed by atoms with Crippen molar-refractivity contribution in [1.82, 2.24) is 0 Å². The van der Waals surface area contributed by atoms with Gasteiger partial charge in [-0.15, -0.1) is 11.3 Å². The normalized spacial score (nSPS) is 12.7. The van der Waals surface area contributed by atoms with Crippen LogP contribution in [-0.4, -0.2) is 43.1 Å². The fraction of sp³-hybridized carbons (Fsp3) is 0.500. The average molecular weight is 796 g/mol. The van der Waals surface area contributed by atoms with Gasteiger partial charge >= 0.3 is 0 Å². The Hall–Kier alpha value is -3.02. The summed E-state index contributed by atoms with van der Waals surface area (Å²) in [6.45, 7) is 18.3. The number of hydrogen-bond acceptors (Lipinski definition) is 8. The molecule has 0 unspecified atom stereocenters. The molecular formula is C44H61NO6S3. The first-order chi connectivity index (χ1) is 25.4. The van der Waals surface area contributed by atoms with Crippen molar-refractivity contribution in [3.63, 3.8) is 0 Å². The highest BCUT2D eigenvalue weighted by Crippen LogP contribution is 2.44. The van der Waals surface area contributed by atoms with E-state index in [0.29, 0.717) is 0 Å². The van der Waals surface area contributed by atoms with Crippen molar-refractivity contribution in [2.45, 2.75) is 117 Å². The van der Waals surface area contributed by atoms with Gasteiger partial charge in [0.15, 0.2) is 0 Å². The first kappa shape index (κ1) is 43.7. The Morgan fingerprint density at radius 1 is 0.556 bits per heavy atom. The smallest absolute Gasteiger partial charge is 0.296 e. The molecule has 0 saturated heterocycles. The summed E-state index contributed by atoms with van der Waals surface area (Å²) in [6, 6.07) is 24.6.